The van der Waals surface area contributed by atoms with Crippen molar-refractivity contribution in [2.24, 2.45) is 0 Å². The molecule has 1 aromatic heterocycles. The topological polar surface area (TPSA) is 24.3 Å². The number of nitrogens with zero attached hydrogens (tertiary/aromatic N) is 4. The Labute approximate surface area is 117 Å². The monoisotopic (exact) mass is 348 g/mol. The second-order valence-electron chi connectivity index (χ2n) is 4.94. The van der Waals surface area contributed by atoms with Gasteiger partial charge in [0.2, 0.25) is 0 Å². The zero-order valence-corrected chi connectivity index (χ0v) is 12.8. The van der Waals surface area contributed by atoms with Crippen LogP contribution in [0.4, 0.5) is 0 Å². The molecule has 2 rings (SSSR count). The van der Waals surface area contributed by atoms with E-state index in [0.717, 1.165) is 22.8 Å². The fourth-order valence-corrected chi connectivity index (χ4v) is 2.80. The Bertz CT molecular complexity index is 342. The van der Waals surface area contributed by atoms with Crippen LogP contribution in [0.3, 0.4) is 0 Å². The summed E-state index contributed by atoms with van der Waals surface area (Å²) in [6.45, 7) is 4.58. The summed E-state index contributed by atoms with van der Waals surface area (Å²) in [4.78, 5) is 4.90. The van der Waals surface area contributed by atoms with Gasteiger partial charge in [0.25, 0.3) is 0 Å². The first-order chi connectivity index (χ1) is 8.15. The molecule has 0 bridgehead atoms. The van der Waals surface area contributed by atoms with Gasteiger partial charge in [0.05, 0.1) is 6.54 Å². The highest BCUT2D eigenvalue weighted by atomic mass is 127. The number of aromatic nitrogens is 2. The van der Waals surface area contributed by atoms with E-state index >= 15 is 0 Å². The Balaban J connectivity index is 1.71. The fourth-order valence-electron chi connectivity index (χ4n) is 2.36. The average Bonchev–Trinajstić information content (AvgIpc) is 2.73. The van der Waals surface area contributed by atoms with E-state index in [4.69, 9.17) is 0 Å². The van der Waals surface area contributed by atoms with Crippen LogP contribution in [0.25, 0.3) is 0 Å². The minimum atomic E-state index is 0.775. The van der Waals surface area contributed by atoms with Gasteiger partial charge in [-0.1, -0.05) is 0 Å². The summed E-state index contributed by atoms with van der Waals surface area (Å²) < 4.78 is 3.12. The molecular formula is C12H21IN4. The van der Waals surface area contributed by atoms with Crippen LogP contribution in [0.1, 0.15) is 12.8 Å². The number of likely N-dealkylation sites (tertiary alicyclic amines) is 1. The van der Waals surface area contributed by atoms with Crippen molar-refractivity contribution in [3.8, 4) is 0 Å². The van der Waals surface area contributed by atoms with Crippen LogP contribution < -0.4 is 0 Å². The highest BCUT2D eigenvalue weighted by Gasteiger charge is 2.19. The first kappa shape index (κ1) is 13.3. The van der Waals surface area contributed by atoms with Crippen LogP contribution in [0.15, 0.2) is 12.3 Å². The predicted octanol–water partition coefficient (Wildman–Crippen LogP) is 1.51. The van der Waals surface area contributed by atoms with E-state index in [0.29, 0.717) is 0 Å². The first-order valence-corrected chi connectivity index (χ1v) is 7.31. The number of rotatable bonds is 4. The van der Waals surface area contributed by atoms with Crippen molar-refractivity contribution in [2.75, 3.05) is 33.7 Å². The maximum atomic E-state index is 4.41. The van der Waals surface area contributed by atoms with Gasteiger partial charge < -0.3 is 9.80 Å². The maximum absolute atomic E-state index is 4.41. The molecule has 1 aliphatic heterocycles. The lowest BCUT2D eigenvalue weighted by atomic mass is 10.0. The standard InChI is InChI=1S/C12H21IN4/c1-15(2)11-3-6-16(7-4-11)9-10-17-8-5-12(13)14-17/h5,8,11H,3-4,6-7,9-10H2,1-2H3. The summed E-state index contributed by atoms with van der Waals surface area (Å²) >= 11 is 2.25. The normalized spacial score (nSPS) is 19.1. The van der Waals surface area contributed by atoms with Crippen LogP contribution in [0, 0.1) is 3.70 Å². The molecule has 96 valence electrons. The lowest BCUT2D eigenvalue weighted by Gasteiger charge is -2.35. The highest BCUT2D eigenvalue weighted by Crippen LogP contribution is 2.13. The molecule has 0 aliphatic carbocycles. The Morgan fingerprint density at radius 1 is 1.35 bits per heavy atom. The SMILES string of the molecule is CN(C)C1CCN(CCn2ccc(I)n2)CC1. The Kier molecular flexibility index (Phi) is 4.81. The molecule has 4 nitrogen and oxygen atoms in total. The van der Waals surface area contributed by atoms with Crippen LogP contribution in [0.2, 0.25) is 0 Å². The fraction of sp³-hybridized carbons (Fsp3) is 0.750. The molecule has 17 heavy (non-hydrogen) atoms. The Morgan fingerprint density at radius 3 is 2.59 bits per heavy atom. The van der Waals surface area contributed by atoms with Crippen LogP contribution in [-0.4, -0.2) is 59.4 Å². The minimum absolute atomic E-state index is 0.775. The molecule has 1 fully saturated rings. The molecule has 0 amide bonds. The van der Waals surface area contributed by atoms with Gasteiger partial charge in [-0.25, -0.2) is 0 Å². The van der Waals surface area contributed by atoms with E-state index in [2.05, 4.69) is 63.8 Å². The van der Waals surface area contributed by atoms with Crippen LogP contribution >= 0.6 is 22.6 Å². The molecule has 0 radical (unpaired) electrons. The van der Waals surface area contributed by atoms with E-state index < -0.39 is 0 Å². The summed E-state index contributed by atoms with van der Waals surface area (Å²) in [5.74, 6) is 0. The van der Waals surface area contributed by atoms with Gasteiger partial charge in [0.1, 0.15) is 3.70 Å². The third kappa shape index (κ3) is 3.93. The summed E-state index contributed by atoms with van der Waals surface area (Å²) in [6.07, 6.45) is 4.65. The Hall–Kier alpha value is -0.140. The van der Waals surface area contributed by atoms with E-state index in [1.165, 1.54) is 25.9 Å². The molecule has 0 saturated carbocycles. The third-order valence-electron chi connectivity index (χ3n) is 3.54. The molecule has 0 N–H and O–H groups in total. The summed E-state index contributed by atoms with van der Waals surface area (Å²) in [7, 11) is 4.37. The quantitative estimate of drug-likeness (QED) is 0.771. The van der Waals surface area contributed by atoms with Crippen molar-refractivity contribution in [2.45, 2.75) is 25.4 Å². The van der Waals surface area contributed by atoms with Gasteiger partial charge in [-0.05, 0) is 68.7 Å². The van der Waals surface area contributed by atoms with Crippen molar-refractivity contribution < 1.29 is 0 Å². The zero-order valence-electron chi connectivity index (χ0n) is 10.6. The number of piperidine rings is 1. The molecule has 2 heterocycles. The lowest BCUT2D eigenvalue weighted by molar-refractivity contribution is 0.140. The lowest BCUT2D eigenvalue weighted by Crippen LogP contribution is -2.42. The molecular weight excluding hydrogens is 327 g/mol. The Morgan fingerprint density at radius 2 is 2.06 bits per heavy atom. The van der Waals surface area contributed by atoms with Gasteiger partial charge in [-0.2, -0.15) is 5.10 Å². The largest absolute Gasteiger partial charge is 0.306 e. The van der Waals surface area contributed by atoms with Gasteiger partial charge >= 0.3 is 0 Å². The van der Waals surface area contributed by atoms with Crippen molar-refractivity contribution >= 4 is 22.6 Å². The average molecular weight is 348 g/mol. The zero-order chi connectivity index (χ0) is 12.3. The summed E-state index contributed by atoms with van der Waals surface area (Å²) in [6, 6.07) is 2.83. The van der Waals surface area contributed by atoms with Crippen molar-refractivity contribution in [1.82, 2.24) is 19.6 Å². The predicted molar refractivity (Wildman–Crippen MR) is 78.1 cm³/mol. The van der Waals surface area contributed by atoms with Gasteiger partial charge in [0.15, 0.2) is 0 Å². The minimum Gasteiger partial charge on any atom is -0.306 e. The summed E-state index contributed by atoms with van der Waals surface area (Å²) in [5.41, 5.74) is 0. The molecule has 1 saturated heterocycles. The third-order valence-corrected chi connectivity index (χ3v) is 4.12. The van der Waals surface area contributed by atoms with E-state index in [1.54, 1.807) is 0 Å². The molecule has 0 unspecified atom stereocenters. The first-order valence-electron chi connectivity index (χ1n) is 6.23. The van der Waals surface area contributed by atoms with Crippen molar-refractivity contribution in [3.63, 3.8) is 0 Å². The highest BCUT2D eigenvalue weighted by molar-refractivity contribution is 14.1. The number of halogens is 1. The van der Waals surface area contributed by atoms with E-state index in [9.17, 15) is 0 Å². The maximum Gasteiger partial charge on any atom is 0.123 e. The van der Waals surface area contributed by atoms with Gasteiger partial charge in [-0.15, -0.1) is 0 Å². The number of hydrogen-bond donors (Lipinski definition) is 0. The van der Waals surface area contributed by atoms with Crippen molar-refractivity contribution in [1.29, 1.82) is 0 Å². The molecule has 1 aliphatic rings. The van der Waals surface area contributed by atoms with E-state index in [1.807, 2.05) is 4.68 Å². The van der Waals surface area contributed by atoms with E-state index in [-0.39, 0.29) is 0 Å². The van der Waals surface area contributed by atoms with Gasteiger partial charge in [-0.3, -0.25) is 4.68 Å². The van der Waals surface area contributed by atoms with Crippen LogP contribution in [-0.2, 0) is 6.54 Å². The van der Waals surface area contributed by atoms with Crippen molar-refractivity contribution in [3.05, 3.63) is 16.0 Å². The van der Waals surface area contributed by atoms with Gasteiger partial charge in [0, 0.05) is 18.8 Å². The molecule has 0 atom stereocenters. The smallest absolute Gasteiger partial charge is 0.123 e. The number of hydrogen-bond acceptors (Lipinski definition) is 3. The second-order valence-corrected chi connectivity index (χ2v) is 6.04. The molecule has 5 heteroatoms. The second kappa shape index (κ2) is 6.15. The molecule has 1 aromatic rings. The summed E-state index contributed by atoms with van der Waals surface area (Å²) in [5, 5.41) is 4.41. The van der Waals surface area contributed by atoms with Crippen LogP contribution in [0.5, 0.6) is 0 Å². The molecule has 0 aromatic carbocycles. The molecule has 0 spiro atoms.